The largest absolute Gasteiger partial charge is 0.469 e. The van der Waals surface area contributed by atoms with Crippen molar-refractivity contribution in [2.45, 2.75) is 37.3 Å². The van der Waals surface area contributed by atoms with Gasteiger partial charge in [-0.15, -0.1) is 0 Å². The van der Waals surface area contributed by atoms with Gasteiger partial charge in [-0.3, -0.25) is 9.69 Å². The Balaban J connectivity index is 1.55. The summed E-state index contributed by atoms with van der Waals surface area (Å²) < 4.78 is 5.17. The Bertz CT molecular complexity index is 812. The van der Waals surface area contributed by atoms with E-state index < -0.39 is 0 Å². The Morgan fingerprint density at radius 2 is 1.67 bits per heavy atom. The molecule has 2 heterocycles. The number of carbonyl (C=O) groups excluding carboxylic acids is 1. The molecule has 2 bridgehead atoms. The zero-order valence-electron chi connectivity index (χ0n) is 16.0. The van der Waals surface area contributed by atoms with Crippen LogP contribution in [0.5, 0.6) is 0 Å². The van der Waals surface area contributed by atoms with Crippen LogP contribution in [0.2, 0.25) is 0 Å². The fourth-order valence-electron chi connectivity index (χ4n) is 4.88. The smallest absolute Gasteiger partial charge is 0.310 e. The third kappa shape index (κ3) is 3.57. The lowest BCUT2D eigenvalue weighted by Crippen LogP contribution is -2.49. The van der Waals surface area contributed by atoms with E-state index in [2.05, 4.69) is 60.5 Å². The van der Waals surface area contributed by atoms with Crippen LogP contribution in [-0.4, -0.2) is 37.1 Å². The number of hydrogen-bond acceptors (Lipinski definition) is 3. The fourth-order valence-corrected chi connectivity index (χ4v) is 4.88. The van der Waals surface area contributed by atoms with Crippen molar-refractivity contribution in [3.8, 4) is 0 Å². The van der Waals surface area contributed by atoms with Gasteiger partial charge >= 0.3 is 5.97 Å². The Hall–Kier alpha value is -2.39. The molecule has 4 atom stereocenters. The quantitative estimate of drug-likeness (QED) is 0.589. The molecule has 0 spiro atoms. The van der Waals surface area contributed by atoms with E-state index in [1.807, 2.05) is 18.2 Å². The summed E-state index contributed by atoms with van der Waals surface area (Å²) in [6.45, 7) is 0. The van der Waals surface area contributed by atoms with Gasteiger partial charge in [-0.1, -0.05) is 66.7 Å². The third-order valence-electron chi connectivity index (χ3n) is 6.37. The minimum atomic E-state index is -0.0653. The maximum atomic E-state index is 12.6. The second kappa shape index (κ2) is 7.69. The lowest BCUT2D eigenvalue weighted by Gasteiger charge is -2.41. The van der Waals surface area contributed by atoms with Crippen molar-refractivity contribution in [2.24, 2.45) is 5.92 Å². The molecule has 140 valence electrons. The average molecular weight is 361 g/mol. The maximum Gasteiger partial charge on any atom is 0.310 e. The molecule has 2 unspecified atom stereocenters. The van der Waals surface area contributed by atoms with Crippen LogP contribution in [0.4, 0.5) is 0 Å². The van der Waals surface area contributed by atoms with E-state index in [9.17, 15) is 4.79 Å². The number of esters is 1. The van der Waals surface area contributed by atoms with Crippen LogP contribution in [-0.2, 0) is 9.53 Å². The van der Waals surface area contributed by atoms with Crippen molar-refractivity contribution in [1.82, 2.24) is 4.90 Å². The zero-order valence-corrected chi connectivity index (χ0v) is 16.0. The molecule has 3 heteroatoms. The van der Waals surface area contributed by atoms with Crippen molar-refractivity contribution < 1.29 is 9.53 Å². The second-order valence-corrected chi connectivity index (χ2v) is 7.77. The van der Waals surface area contributed by atoms with Gasteiger partial charge in [0.2, 0.25) is 0 Å². The lowest BCUT2D eigenvalue weighted by molar-refractivity contribution is -0.150. The molecule has 0 N–H and O–H groups in total. The molecular formula is C24H27NO2. The van der Waals surface area contributed by atoms with E-state index in [0.29, 0.717) is 12.1 Å². The summed E-state index contributed by atoms with van der Waals surface area (Å²) in [7, 11) is 3.67. The number of fused-ring (bicyclic) bond motifs is 2. The Morgan fingerprint density at radius 1 is 1.00 bits per heavy atom. The molecule has 4 rings (SSSR count). The van der Waals surface area contributed by atoms with Gasteiger partial charge in [-0.05, 0) is 43.0 Å². The molecule has 27 heavy (non-hydrogen) atoms. The summed E-state index contributed by atoms with van der Waals surface area (Å²) in [5, 5.41) is 0. The van der Waals surface area contributed by atoms with E-state index in [4.69, 9.17) is 4.74 Å². The first-order chi connectivity index (χ1) is 13.2. The molecule has 2 fully saturated rings. The summed E-state index contributed by atoms with van der Waals surface area (Å²) in [5.41, 5.74) is 3.62. The number of hydrogen-bond donors (Lipinski definition) is 0. The van der Waals surface area contributed by atoms with Crippen molar-refractivity contribution >= 4 is 18.1 Å². The molecule has 3 nitrogen and oxygen atoms in total. The SMILES string of the molecule is COC(=O)C1C2CC[C@H](C[C@@H]1c1ccc(C=Cc3ccccc3)cc1)N2C. The van der Waals surface area contributed by atoms with E-state index in [-0.39, 0.29) is 17.8 Å². The predicted molar refractivity (Wildman–Crippen MR) is 109 cm³/mol. The highest BCUT2D eigenvalue weighted by atomic mass is 16.5. The zero-order chi connectivity index (χ0) is 18.8. The number of ether oxygens (including phenoxy) is 1. The van der Waals surface area contributed by atoms with Crippen molar-refractivity contribution in [1.29, 1.82) is 0 Å². The monoisotopic (exact) mass is 361 g/mol. The number of benzene rings is 2. The van der Waals surface area contributed by atoms with Gasteiger partial charge in [0.15, 0.2) is 0 Å². The molecule has 2 aromatic carbocycles. The Labute approximate surface area is 161 Å². The number of carbonyl (C=O) groups is 1. The Morgan fingerprint density at radius 3 is 2.33 bits per heavy atom. The van der Waals surface area contributed by atoms with Gasteiger partial charge in [0.1, 0.15) is 0 Å². The second-order valence-electron chi connectivity index (χ2n) is 7.77. The highest BCUT2D eigenvalue weighted by Crippen LogP contribution is 2.46. The Kier molecular flexibility index (Phi) is 5.13. The van der Waals surface area contributed by atoms with Gasteiger partial charge < -0.3 is 4.74 Å². The van der Waals surface area contributed by atoms with Crippen molar-refractivity contribution in [2.75, 3.05) is 14.2 Å². The molecule has 2 saturated heterocycles. The van der Waals surface area contributed by atoms with E-state index in [1.165, 1.54) is 30.2 Å². The van der Waals surface area contributed by atoms with Crippen LogP contribution < -0.4 is 0 Å². The van der Waals surface area contributed by atoms with Gasteiger partial charge in [0.05, 0.1) is 13.0 Å². The van der Waals surface area contributed by atoms with Gasteiger partial charge in [0.25, 0.3) is 0 Å². The molecule has 2 aromatic rings. The average Bonchev–Trinajstić information content (AvgIpc) is 2.95. The number of methoxy groups -OCH3 is 1. The first kappa shape index (κ1) is 18.0. The van der Waals surface area contributed by atoms with Gasteiger partial charge in [-0.2, -0.15) is 0 Å². The van der Waals surface area contributed by atoms with Crippen LogP contribution in [0.25, 0.3) is 12.2 Å². The fraction of sp³-hybridized carbons (Fsp3) is 0.375. The molecule has 0 aromatic heterocycles. The highest BCUT2D eigenvalue weighted by molar-refractivity contribution is 5.75. The van der Waals surface area contributed by atoms with Crippen LogP contribution in [0.15, 0.2) is 54.6 Å². The summed E-state index contributed by atoms with van der Waals surface area (Å²) in [4.78, 5) is 14.9. The van der Waals surface area contributed by atoms with Crippen molar-refractivity contribution in [3.05, 3.63) is 71.3 Å². The maximum absolute atomic E-state index is 12.6. The summed E-state index contributed by atoms with van der Waals surface area (Å²) >= 11 is 0. The molecule has 0 saturated carbocycles. The topological polar surface area (TPSA) is 29.5 Å². The third-order valence-corrected chi connectivity index (χ3v) is 6.37. The van der Waals surface area contributed by atoms with Gasteiger partial charge in [0, 0.05) is 18.0 Å². The lowest BCUT2D eigenvalue weighted by atomic mass is 9.76. The minimum absolute atomic E-state index is 0.0646. The van der Waals surface area contributed by atoms with Crippen LogP contribution in [0.1, 0.15) is 41.9 Å². The van der Waals surface area contributed by atoms with E-state index in [1.54, 1.807) is 0 Å². The molecule has 0 amide bonds. The molecular weight excluding hydrogens is 334 g/mol. The molecule has 0 radical (unpaired) electrons. The van der Waals surface area contributed by atoms with Crippen LogP contribution >= 0.6 is 0 Å². The summed E-state index contributed by atoms with van der Waals surface area (Å²) in [6.07, 6.45) is 7.57. The van der Waals surface area contributed by atoms with Crippen molar-refractivity contribution in [3.63, 3.8) is 0 Å². The number of rotatable bonds is 4. The van der Waals surface area contributed by atoms with Gasteiger partial charge in [-0.25, -0.2) is 0 Å². The standard InChI is InChI=1S/C24H27NO2/c1-25-20-14-15-22(25)23(24(26)27-2)21(16-20)19-12-10-18(11-13-19)9-8-17-6-4-3-5-7-17/h3-13,20-23H,14-16H2,1-2H3/t20-,21-,22?,23?/m1/s1. The summed E-state index contributed by atoms with van der Waals surface area (Å²) in [5.74, 6) is 0.119. The van der Waals surface area contributed by atoms with E-state index >= 15 is 0 Å². The number of piperidine rings is 1. The van der Waals surface area contributed by atoms with Crippen LogP contribution in [0, 0.1) is 5.92 Å². The number of nitrogens with zero attached hydrogens (tertiary/aromatic N) is 1. The van der Waals surface area contributed by atoms with E-state index in [0.717, 1.165) is 12.8 Å². The normalized spacial score (nSPS) is 27.8. The molecule has 2 aliphatic rings. The molecule has 0 aliphatic carbocycles. The highest BCUT2D eigenvalue weighted by Gasteiger charge is 2.49. The molecule has 2 aliphatic heterocycles. The first-order valence-electron chi connectivity index (χ1n) is 9.80. The summed E-state index contributed by atoms with van der Waals surface area (Å²) in [6, 6.07) is 19.9. The first-order valence-corrected chi connectivity index (χ1v) is 9.80. The van der Waals surface area contributed by atoms with Crippen LogP contribution in [0.3, 0.4) is 0 Å². The minimum Gasteiger partial charge on any atom is -0.469 e. The predicted octanol–water partition coefficient (Wildman–Crippen LogP) is 4.60.